The van der Waals surface area contributed by atoms with Gasteiger partial charge in [-0.1, -0.05) is 6.07 Å². The van der Waals surface area contributed by atoms with Crippen molar-refractivity contribution in [2.75, 3.05) is 13.1 Å². The summed E-state index contributed by atoms with van der Waals surface area (Å²) < 4.78 is 5.17. The van der Waals surface area contributed by atoms with Crippen molar-refractivity contribution in [1.29, 1.82) is 0 Å². The number of aliphatic hydroxyl groups excluding tert-OH is 1. The summed E-state index contributed by atoms with van der Waals surface area (Å²) in [5.41, 5.74) is 5.25. The number of rotatable bonds is 6. The van der Waals surface area contributed by atoms with Crippen LogP contribution in [0.15, 0.2) is 24.5 Å². The van der Waals surface area contributed by atoms with E-state index in [4.69, 9.17) is 10.5 Å². The van der Waals surface area contributed by atoms with Gasteiger partial charge in [0.2, 0.25) is 5.91 Å². The Balaban J connectivity index is 2.13. The summed E-state index contributed by atoms with van der Waals surface area (Å²) in [6.45, 7) is 4.59. The van der Waals surface area contributed by atoms with E-state index < -0.39 is 11.7 Å². The van der Waals surface area contributed by atoms with Crippen LogP contribution in [0.25, 0.3) is 0 Å². The highest BCUT2D eigenvalue weighted by molar-refractivity contribution is 5.79. The number of hydrogen-bond acceptors (Lipinski definition) is 5. The minimum Gasteiger partial charge on any atom is -0.444 e. The number of aromatic nitrogens is 1. The first-order chi connectivity index (χ1) is 11.8. The molecule has 3 N–H and O–H groups in total. The summed E-state index contributed by atoms with van der Waals surface area (Å²) in [7, 11) is 0. The summed E-state index contributed by atoms with van der Waals surface area (Å²) >= 11 is 0. The number of amides is 2. The van der Waals surface area contributed by atoms with Crippen molar-refractivity contribution in [3.05, 3.63) is 30.1 Å². The largest absolute Gasteiger partial charge is 0.444 e. The third-order valence-corrected chi connectivity index (χ3v) is 4.45. The van der Waals surface area contributed by atoms with Crippen molar-refractivity contribution in [2.24, 2.45) is 11.7 Å². The van der Waals surface area contributed by atoms with E-state index in [2.05, 4.69) is 4.98 Å². The maximum absolute atomic E-state index is 13.0. The summed E-state index contributed by atoms with van der Waals surface area (Å²) in [6, 6.07) is 3.76. The van der Waals surface area contributed by atoms with Crippen LogP contribution in [0.2, 0.25) is 0 Å². The lowest BCUT2D eigenvalue weighted by Crippen LogP contribution is -2.45. The number of primary amides is 1. The molecule has 7 nitrogen and oxygen atoms in total. The lowest BCUT2D eigenvalue weighted by atomic mass is 9.87. The molecule has 0 saturated carbocycles. The van der Waals surface area contributed by atoms with Gasteiger partial charge >= 0.3 is 6.09 Å². The van der Waals surface area contributed by atoms with Crippen molar-refractivity contribution in [3.8, 4) is 0 Å². The normalized spacial score (nSPS) is 17.2. The Labute approximate surface area is 148 Å². The van der Waals surface area contributed by atoms with Crippen LogP contribution in [-0.2, 0) is 16.0 Å². The molecule has 1 fully saturated rings. The average molecular weight is 349 g/mol. The number of carbonyl (C=O) groups excluding carboxylic acids is 2. The first-order valence-corrected chi connectivity index (χ1v) is 8.61. The van der Waals surface area contributed by atoms with Gasteiger partial charge in [-0.05, 0) is 51.2 Å². The molecule has 0 spiro atoms. The maximum Gasteiger partial charge on any atom is 0.405 e. The van der Waals surface area contributed by atoms with Crippen molar-refractivity contribution < 1.29 is 19.4 Å². The van der Waals surface area contributed by atoms with Crippen molar-refractivity contribution in [2.45, 2.75) is 51.2 Å². The average Bonchev–Trinajstić information content (AvgIpc) is 2.54. The van der Waals surface area contributed by atoms with Crippen molar-refractivity contribution >= 4 is 12.0 Å². The number of aliphatic hydroxyl groups is 1. The lowest BCUT2D eigenvalue weighted by molar-refractivity contribution is -0.139. The Kier molecular flexibility index (Phi) is 6.36. The highest BCUT2D eigenvalue weighted by atomic mass is 16.6. The van der Waals surface area contributed by atoms with Crippen LogP contribution in [-0.4, -0.2) is 51.8 Å². The molecule has 0 aromatic carbocycles. The number of likely N-dealkylation sites (tertiary alicyclic amines) is 1. The molecule has 7 heteroatoms. The van der Waals surface area contributed by atoms with Gasteiger partial charge < -0.3 is 20.5 Å². The molecular weight excluding hydrogens is 322 g/mol. The molecule has 1 aliphatic rings. The maximum atomic E-state index is 13.0. The van der Waals surface area contributed by atoms with Crippen LogP contribution in [0.5, 0.6) is 0 Å². The van der Waals surface area contributed by atoms with Crippen molar-refractivity contribution in [1.82, 2.24) is 9.88 Å². The number of hydrogen-bond donors (Lipinski definition) is 2. The number of carbonyl (C=O) groups is 2. The second-order valence-corrected chi connectivity index (χ2v) is 7.20. The molecule has 1 aromatic heterocycles. The summed E-state index contributed by atoms with van der Waals surface area (Å²) in [5, 5.41) is 9.65. The lowest BCUT2D eigenvalue weighted by Gasteiger charge is -2.35. The molecule has 0 aliphatic carbocycles. The van der Waals surface area contributed by atoms with Gasteiger partial charge in [0.15, 0.2) is 0 Å². The van der Waals surface area contributed by atoms with Crippen LogP contribution in [0.4, 0.5) is 4.79 Å². The topological polar surface area (TPSA) is 106 Å². The second kappa shape index (κ2) is 8.29. The molecule has 1 unspecified atom stereocenters. The fraction of sp³-hybridized carbons (Fsp3) is 0.611. The molecule has 0 bridgehead atoms. The number of pyridine rings is 1. The quantitative estimate of drug-likeness (QED) is 0.809. The molecular formula is C18H27N3O4. The molecule has 1 atom stereocenters. The van der Waals surface area contributed by atoms with Crippen LogP contribution < -0.4 is 5.73 Å². The van der Waals surface area contributed by atoms with Crippen LogP contribution >= 0.6 is 0 Å². The number of piperidine rings is 1. The molecule has 1 aliphatic heterocycles. The number of nitrogens with two attached hydrogens (primary N) is 1. The predicted molar refractivity (Wildman–Crippen MR) is 92.6 cm³/mol. The zero-order valence-electron chi connectivity index (χ0n) is 14.9. The minimum absolute atomic E-state index is 0.0110. The van der Waals surface area contributed by atoms with Gasteiger partial charge in [0.25, 0.3) is 0 Å². The van der Waals surface area contributed by atoms with Gasteiger partial charge in [-0.15, -0.1) is 0 Å². The Bertz CT molecular complexity index is 583. The fourth-order valence-corrected chi connectivity index (χ4v) is 3.30. The van der Waals surface area contributed by atoms with Crippen LogP contribution in [0, 0.1) is 5.92 Å². The van der Waals surface area contributed by atoms with Gasteiger partial charge in [-0.2, -0.15) is 0 Å². The first kappa shape index (κ1) is 19.2. The van der Waals surface area contributed by atoms with E-state index in [1.54, 1.807) is 31.1 Å². The monoisotopic (exact) mass is 349 g/mol. The first-order valence-electron chi connectivity index (χ1n) is 8.61. The Morgan fingerprint density at radius 3 is 2.68 bits per heavy atom. The van der Waals surface area contributed by atoms with E-state index >= 15 is 0 Å². The van der Waals surface area contributed by atoms with Crippen LogP contribution in [0.1, 0.15) is 38.7 Å². The molecule has 2 heterocycles. The van der Waals surface area contributed by atoms with Gasteiger partial charge in [-0.3, -0.25) is 9.78 Å². The van der Waals surface area contributed by atoms with E-state index in [1.807, 2.05) is 12.1 Å². The molecule has 25 heavy (non-hydrogen) atoms. The summed E-state index contributed by atoms with van der Waals surface area (Å²) in [5.74, 6) is -0.342. The second-order valence-electron chi connectivity index (χ2n) is 7.20. The van der Waals surface area contributed by atoms with Gasteiger partial charge in [0.05, 0.1) is 6.10 Å². The van der Waals surface area contributed by atoms with E-state index in [-0.39, 0.29) is 17.9 Å². The zero-order chi connectivity index (χ0) is 18.4. The molecule has 2 rings (SSSR count). The molecule has 138 valence electrons. The van der Waals surface area contributed by atoms with E-state index in [1.165, 1.54) is 0 Å². The summed E-state index contributed by atoms with van der Waals surface area (Å²) in [4.78, 5) is 30.0. The highest BCUT2D eigenvalue weighted by Crippen LogP contribution is 2.26. The zero-order valence-corrected chi connectivity index (χ0v) is 14.9. The SMILES string of the molecule is CC(C)(CC(Cc1cccnc1)C(=O)N1CCC(O)CC1)OC(N)=O. The number of ether oxygens (including phenoxy) is 1. The van der Waals surface area contributed by atoms with E-state index in [0.717, 1.165) is 5.56 Å². The fourth-order valence-electron chi connectivity index (χ4n) is 3.30. The van der Waals surface area contributed by atoms with Gasteiger partial charge in [0.1, 0.15) is 5.60 Å². The Hall–Kier alpha value is -2.15. The number of nitrogens with zero attached hydrogens (tertiary/aromatic N) is 2. The smallest absolute Gasteiger partial charge is 0.405 e. The standard InChI is InChI=1S/C18H27N3O4/c1-18(2,25-17(19)24)11-14(10-13-4-3-7-20-12-13)16(23)21-8-5-15(22)6-9-21/h3-4,7,12,14-15,22H,5-6,8-11H2,1-2H3,(H2,19,24). The van der Waals surface area contributed by atoms with E-state index in [9.17, 15) is 14.7 Å². The molecule has 0 radical (unpaired) electrons. The summed E-state index contributed by atoms with van der Waals surface area (Å²) in [6.07, 6.45) is 4.29. The molecule has 1 saturated heterocycles. The van der Waals surface area contributed by atoms with E-state index in [0.29, 0.717) is 38.8 Å². The van der Waals surface area contributed by atoms with Crippen LogP contribution in [0.3, 0.4) is 0 Å². The highest BCUT2D eigenvalue weighted by Gasteiger charge is 2.34. The van der Waals surface area contributed by atoms with Crippen molar-refractivity contribution in [3.63, 3.8) is 0 Å². The van der Waals surface area contributed by atoms with Gasteiger partial charge in [0, 0.05) is 31.4 Å². The predicted octanol–water partition coefficient (Wildman–Crippen LogP) is 1.49. The Morgan fingerprint density at radius 2 is 2.12 bits per heavy atom. The Morgan fingerprint density at radius 1 is 1.44 bits per heavy atom. The third-order valence-electron chi connectivity index (χ3n) is 4.45. The molecule has 1 aromatic rings. The molecule has 2 amide bonds. The third kappa shape index (κ3) is 6.01. The minimum atomic E-state index is -0.848. The van der Waals surface area contributed by atoms with Gasteiger partial charge in [-0.25, -0.2) is 4.79 Å².